The van der Waals surface area contributed by atoms with Crippen molar-refractivity contribution in [2.24, 2.45) is 0 Å². The smallest absolute Gasteiger partial charge is 0.212 e. The molecule has 0 saturated carbocycles. The van der Waals surface area contributed by atoms with E-state index in [1.54, 1.807) is 20.2 Å². The van der Waals surface area contributed by atoms with E-state index in [1.165, 1.54) is 0 Å². The lowest BCUT2D eigenvalue weighted by atomic mass is 9.98. The Morgan fingerprint density at radius 2 is 2.19 bits per heavy atom. The molecule has 0 radical (unpaired) electrons. The molecule has 0 bridgehead atoms. The number of aliphatic hydroxyl groups excluding tert-OH is 1. The number of ether oxygens (including phenoxy) is 1. The predicted octanol–water partition coefficient (Wildman–Crippen LogP) is 1.34. The summed E-state index contributed by atoms with van der Waals surface area (Å²) in [5.41, 5.74) is 0.759. The van der Waals surface area contributed by atoms with Crippen LogP contribution in [-0.2, 0) is 6.54 Å². The van der Waals surface area contributed by atoms with E-state index in [-0.39, 0.29) is 5.54 Å². The van der Waals surface area contributed by atoms with Gasteiger partial charge in [0.2, 0.25) is 5.88 Å². The minimum atomic E-state index is -0.404. The second-order valence-corrected chi connectivity index (χ2v) is 4.46. The second kappa shape index (κ2) is 5.27. The second-order valence-electron chi connectivity index (χ2n) is 4.46. The third-order valence-corrected chi connectivity index (χ3v) is 2.80. The highest BCUT2D eigenvalue weighted by Crippen LogP contribution is 2.11. The van der Waals surface area contributed by atoms with Gasteiger partial charge in [-0.1, -0.05) is 6.07 Å². The van der Waals surface area contributed by atoms with Crippen molar-refractivity contribution in [3.8, 4) is 5.88 Å². The molecule has 1 aromatic heterocycles. The topological polar surface area (TPSA) is 54.4 Å². The van der Waals surface area contributed by atoms with Crippen molar-refractivity contribution < 1.29 is 9.84 Å². The number of methoxy groups -OCH3 is 1. The molecule has 16 heavy (non-hydrogen) atoms. The van der Waals surface area contributed by atoms with Gasteiger partial charge in [0.25, 0.3) is 0 Å². The Hall–Kier alpha value is -1.13. The summed E-state index contributed by atoms with van der Waals surface area (Å²) in [7, 11) is 1.59. The molecule has 4 nitrogen and oxygen atoms in total. The van der Waals surface area contributed by atoms with Gasteiger partial charge in [-0.25, -0.2) is 4.98 Å². The SMILES string of the molecule is COc1ccc(CNC(C)(C)C(C)O)cn1. The van der Waals surface area contributed by atoms with Gasteiger partial charge in [0.15, 0.2) is 0 Å². The molecule has 0 aromatic carbocycles. The maximum absolute atomic E-state index is 9.54. The summed E-state index contributed by atoms with van der Waals surface area (Å²) in [5.74, 6) is 0.610. The Morgan fingerprint density at radius 3 is 2.62 bits per heavy atom. The number of aliphatic hydroxyl groups is 1. The molecule has 4 heteroatoms. The molecule has 1 unspecified atom stereocenters. The zero-order chi connectivity index (χ0) is 12.2. The molecular formula is C12H20N2O2. The lowest BCUT2D eigenvalue weighted by molar-refractivity contribution is 0.0956. The van der Waals surface area contributed by atoms with Gasteiger partial charge in [0.05, 0.1) is 13.2 Å². The first-order valence-corrected chi connectivity index (χ1v) is 5.37. The quantitative estimate of drug-likeness (QED) is 0.792. The van der Waals surface area contributed by atoms with Crippen molar-refractivity contribution in [1.82, 2.24) is 10.3 Å². The number of rotatable bonds is 5. The normalized spacial score (nSPS) is 13.6. The maximum Gasteiger partial charge on any atom is 0.212 e. The van der Waals surface area contributed by atoms with Crippen LogP contribution in [0.3, 0.4) is 0 Å². The van der Waals surface area contributed by atoms with Crippen LogP contribution in [-0.4, -0.2) is 28.8 Å². The molecule has 0 aliphatic carbocycles. The summed E-state index contributed by atoms with van der Waals surface area (Å²) in [6.45, 7) is 6.39. The number of nitrogens with one attached hydrogen (secondary N) is 1. The first kappa shape index (κ1) is 12.9. The summed E-state index contributed by atoms with van der Waals surface area (Å²) < 4.78 is 4.98. The van der Waals surface area contributed by atoms with Crippen LogP contribution < -0.4 is 10.1 Å². The van der Waals surface area contributed by atoms with Crippen molar-refractivity contribution in [2.45, 2.75) is 39.0 Å². The van der Waals surface area contributed by atoms with Gasteiger partial charge in [0.1, 0.15) is 0 Å². The first-order chi connectivity index (χ1) is 7.45. The number of aromatic nitrogens is 1. The van der Waals surface area contributed by atoms with Gasteiger partial charge < -0.3 is 15.2 Å². The van der Waals surface area contributed by atoms with Gasteiger partial charge in [-0.05, 0) is 26.3 Å². The zero-order valence-electron chi connectivity index (χ0n) is 10.3. The highest BCUT2D eigenvalue weighted by atomic mass is 16.5. The highest BCUT2D eigenvalue weighted by Gasteiger charge is 2.22. The monoisotopic (exact) mass is 224 g/mol. The maximum atomic E-state index is 9.54. The largest absolute Gasteiger partial charge is 0.481 e. The van der Waals surface area contributed by atoms with E-state index < -0.39 is 6.10 Å². The third-order valence-electron chi connectivity index (χ3n) is 2.80. The van der Waals surface area contributed by atoms with Gasteiger partial charge >= 0.3 is 0 Å². The molecule has 1 rings (SSSR count). The Balaban J connectivity index is 2.54. The number of pyridine rings is 1. The predicted molar refractivity (Wildman–Crippen MR) is 63.4 cm³/mol. The van der Waals surface area contributed by atoms with E-state index in [9.17, 15) is 5.11 Å². The molecule has 2 N–H and O–H groups in total. The van der Waals surface area contributed by atoms with Crippen LogP contribution >= 0.6 is 0 Å². The Morgan fingerprint density at radius 1 is 1.50 bits per heavy atom. The molecule has 0 fully saturated rings. The van der Waals surface area contributed by atoms with Crippen LogP contribution in [0.15, 0.2) is 18.3 Å². The summed E-state index contributed by atoms with van der Waals surface area (Å²) in [6.07, 6.45) is 1.36. The van der Waals surface area contributed by atoms with E-state index in [4.69, 9.17) is 4.74 Å². The lowest BCUT2D eigenvalue weighted by Gasteiger charge is -2.29. The Kier molecular flexibility index (Phi) is 4.26. The lowest BCUT2D eigenvalue weighted by Crippen LogP contribution is -2.47. The number of hydrogen-bond donors (Lipinski definition) is 2. The molecule has 0 saturated heterocycles. The number of hydrogen-bond acceptors (Lipinski definition) is 4. The number of nitrogens with zero attached hydrogens (tertiary/aromatic N) is 1. The van der Waals surface area contributed by atoms with Crippen LogP contribution in [0.1, 0.15) is 26.3 Å². The van der Waals surface area contributed by atoms with Crippen molar-refractivity contribution in [1.29, 1.82) is 0 Å². The van der Waals surface area contributed by atoms with Crippen LogP contribution in [0.25, 0.3) is 0 Å². The summed E-state index contributed by atoms with van der Waals surface area (Å²) in [6, 6.07) is 3.78. The van der Waals surface area contributed by atoms with Crippen LogP contribution in [0.2, 0.25) is 0 Å². The van der Waals surface area contributed by atoms with Crippen molar-refractivity contribution in [2.75, 3.05) is 7.11 Å². The fourth-order valence-corrected chi connectivity index (χ4v) is 1.11. The summed E-state index contributed by atoms with van der Waals surface area (Å²) in [4.78, 5) is 4.12. The van der Waals surface area contributed by atoms with Crippen molar-refractivity contribution >= 4 is 0 Å². The molecule has 1 heterocycles. The van der Waals surface area contributed by atoms with Crippen molar-refractivity contribution in [3.63, 3.8) is 0 Å². The summed E-state index contributed by atoms with van der Waals surface area (Å²) >= 11 is 0. The van der Waals surface area contributed by atoms with Gasteiger partial charge in [-0.2, -0.15) is 0 Å². The van der Waals surface area contributed by atoms with Crippen molar-refractivity contribution in [3.05, 3.63) is 23.9 Å². The Labute approximate surface area is 96.7 Å². The van der Waals surface area contributed by atoms with E-state index in [2.05, 4.69) is 10.3 Å². The van der Waals surface area contributed by atoms with E-state index in [1.807, 2.05) is 26.0 Å². The van der Waals surface area contributed by atoms with Gasteiger partial charge in [0, 0.05) is 24.3 Å². The first-order valence-electron chi connectivity index (χ1n) is 5.37. The molecule has 0 spiro atoms. The fourth-order valence-electron chi connectivity index (χ4n) is 1.11. The van der Waals surface area contributed by atoms with Crippen LogP contribution in [0.4, 0.5) is 0 Å². The third kappa shape index (κ3) is 3.47. The van der Waals surface area contributed by atoms with Crippen LogP contribution in [0.5, 0.6) is 5.88 Å². The summed E-state index contributed by atoms with van der Waals surface area (Å²) in [5, 5.41) is 12.8. The van der Waals surface area contributed by atoms with Crippen LogP contribution in [0, 0.1) is 0 Å². The minimum absolute atomic E-state index is 0.306. The van der Waals surface area contributed by atoms with E-state index in [0.29, 0.717) is 12.4 Å². The molecule has 90 valence electrons. The Bertz CT molecular complexity index is 320. The molecule has 0 amide bonds. The molecule has 0 aliphatic heterocycles. The van der Waals surface area contributed by atoms with Gasteiger partial charge in [-0.15, -0.1) is 0 Å². The van der Waals surface area contributed by atoms with E-state index in [0.717, 1.165) is 5.56 Å². The molecule has 0 aliphatic rings. The molecular weight excluding hydrogens is 204 g/mol. The minimum Gasteiger partial charge on any atom is -0.481 e. The average Bonchev–Trinajstić information content (AvgIpc) is 2.27. The fraction of sp³-hybridized carbons (Fsp3) is 0.583. The van der Waals surface area contributed by atoms with Gasteiger partial charge in [-0.3, -0.25) is 0 Å². The molecule has 1 aromatic rings. The standard InChI is InChI=1S/C12H20N2O2/c1-9(15)12(2,3)14-8-10-5-6-11(16-4)13-7-10/h5-7,9,14-15H,8H2,1-4H3. The molecule has 1 atom stereocenters. The average molecular weight is 224 g/mol. The highest BCUT2D eigenvalue weighted by molar-refractivity contribution is 5.17. The zero-order valence-corrected chi connectivity index (χ0v) is 10.3. The van der Waals surface area contributed by atoms with E-state index >= 15 is 0 Å².